The second kappa shape index (κ2) is 10.5. The van der Waals surface area contributed by atoms with E-state index in [0.717, 1.165) is 12.8 Å². The maximum Gasteiger partial charge on any atom is 0.541 e. The molecule has 0 unspecified atom stereocenters. The zero-order valence-corrected chi connectivity index (χ0v) is 17.6. The number of benzene rings is 3. The molecule has 3 rings (SSSR count). The first-order valence-electron chi connectivity index (χ1n) is 9.73. The van der Waals surface area contributed by atoms with E-state index < -0.39 is 7.75 Å². The molecule has 0 atom stereocenters. The van der Waals surface area contributed by atoms with Gasteiger partial charge >= 0.3 is 13.7 Å². The van der Waals surface area contributed by atoms with E-state index in [9.17, 15) is 9.36 Å². The zero-order chi connectivity index (χ0) is 21.2. The second-order valence-electron chi connectivity index (χ2n) is 6.48. The molecule has 0 saturated heterocycles. The van der Waals surface area contributed by atoms with Gasteiger partial charge in [-0.2, -0.15) is 0 Å². The lowest BCUT2D eigenvalue weighted by molar-refractivity contribution is 0.0500. The molecule has 3 aromatic carbocycles. The lowest BCUT2D eigenvalue weighted by atomic mass is 10.2. The molecule has 1 N–H and O–H groups in total. The van der Waals surface area contributed by atoms with Crippen molar-refractivity contribution in [1.29, 1.82) is 0 Å². The lowest BCUT2D eigenvalue weighted by Crippen LogP contribution is -2.10. The molecule has 156 valence electrons. The van der Waals surface area contributed by atoms with Gasteiger partial charge in [0.15, 0.2) is 0 Å². The van der Waals surface area contributed by atoms with Crippen LogP contribution in [0.3, 0.4) is 0 Å². The van der Waals surface area contributed by atoms with Crippen molar-refractivity contribution < 1.29 is 23.1 Å². The van der Waals surface area contributed by atoms with Crippen molar-refractivity contribution in [3.05, 3.63) is 90.5 Å². The van der Waals surface area contributed by atoms with Gasteiger partial charge in [0.25, 0.3) is 0 Å². The van der Waals surface area contributed by atoms with Gasteiger partial charge in [-0.1, -0.05) is 49.7 Å². The number of rotatable bonds is 10. The van der Waals surface area contributed by atoms with Crippen LogP contribution in [0.25, 0.3) is 0 Å². The van der Waals surface area contributed by atoms with Crippen LogP contribution in [0.4, 0.5) is 5.69 Å². The molecule has 0 aromatic heterocycles. The van der Waals surface area contributed by atoms with Crippen LogP contribution < -0.4 is 14.1 Å². The van der Waals surface area contributed by atoms with Crippen molar-refractivity contribution in [3.8, 4) is 11.5 Å². The van der Waals surface area contributed by atoms with Crippen LogP contribution in [0.1, 0.15) is 30.1 Å². The minimum absolute atomic E-state index is 0.389. The molecule has 0 amide bonds. The number of nitrogens with one attached hydrogen (secondary N) is 1. The highest BCUT2D eigenvalue weighted by molar-refractivity contribution is 7.56. The number of carbonyl (C=O) groups is 1. The van der Waals surface area contributed by atoms with Crippen molar-refractivity contribution in [2.24, 2.45) is 0 Å². The molecule has 30 heavy (non-hydrogen) atoms. The van der Waals surface area contributed by atoms with Crippen molar-refractivity contribution >= 4 is 19.4 Å². The minimum Gasteiger partial charge on any atom is -0.462 e. The summed E-state index contributed by atoms with van der Waals surface area (Å²) in [5.41, 5.74) is 0.898. The zero-order valence-electron chi connectivity index (χ0n) is 16.7. The van der Waals surface area contributed by atoms with Gasteiger partial charge in [-0.05, 0) is 55.0 Å². The van der Waals surface area contributed by atoms with Crippen LogP contribution in [0, 0.1) is 0 Å². The normalized spacial score (nSPS) is 10.8. The summed E-state index contributed by atoms with van der Waals surface area (Å²) in [6.07, 6.45) is 1.77. The number of hydrogen-bond acceptors (Lipinski definition) is 5. The van der Waals surface area contributed by atoms with Gasteiger partial charge in [0, 0.05) is 5.69 Å². The average molecular weight is 425 g/mol. The van der Waals surface area contributed by atoms with Crippen molar-refractivity contribution in [2.75, 3.05) is 11.7 Å². The SMILES string of the molecule is CCCCOC(=O)c1ccc(NP(=O)(Oc2ccccc2)Oc2ccccc2)cc1. The number of unbranched alkanes of at least 4 members (excludes halogenated alkanes) is 1. The van der Waals surface area contributed by atoms with Gasteiger partial charge in [-0.15, -0.1) is 0 Å². The van der Waals surface area contributed by atoms with E-state index in [0.29, 0.717) is 29.4 Å². The van der Waals surface area contributed by atoms with E-state index in [1.54, 1.807) is 72.8 Å². The van der Waals surface area contributed by atoms with Crippen LogP contribution >= 0.6 is 7.75 Å². The largest absolute Gasteiger partial charge is 0.541 e. The van der Waals surface area contributed by atoms with E-state index in [2.05, 4.69) is 5.09 Å². The molecule has 0 aliphatic carbocycles. The summed E-state index contributed by atoms with van der Waals surface area (Å²) < 4.78 is 30.0. The Bertz CT molecular complexity index is 932. The van der Waals surface area contributed by atoms with Crippen LogP contribution in [0.15, 0.2) is 84.9 Å². The Kier molecular flexibility index (Phi) is 7.52. The van der Waals surface area contributed by atoms with Crippen LogP contribution in [0.5, 0.6) is 11.5 Å². The Labute approximate surface area is 176 Å². The summed E-state index contributed by atoms with van der Waals surface area (Å²) in [6, 6.07) is 24.0. The van der Waals surface area contributed by atoms with Crippen LogP contribution in [0.2, 0.25) is 0 Å². The predicted octanol–water partition coefficient (Wildman–Crippen LogP) is 6.32. The Hall–Kier alpha value is -3.24. The summed E-state index contributed by atoms with van der Waals surface area (Å²) >= 11 is 0. The first kappa shape index (κ1) is 21.5. The van der Waals surface area contributed by atoms with Gasteiger partial charge in [-0.25, -0.2) is 9.36 Å². The molecular weight excluding hydrogens is 401 g/mol. The standard InChI is InChI=1S/C23H24NO5P/c1-2-3-18-27-23(25)19-14-16-20(17-15-19)24-30(26,28-21-10-6-4-7-11-21)29-22-12-8-5-9-13-22/h4-17H,2-3,18H2,1H3,(H,24,26). The summed E-state index contributed by atoms with van der Waals surface area (Å²) in [5, 5.41) is 2.83. The van der Waals surface area contributed by atoms with Gasteiger partial charge in [-0.3, -0.25) is 5.09 Å². The van der Waals surface area contributed by atoms with E-state index in [1.165, 1.54) is 0 Å². The number of ether oxygens (including phenoxy) is 1. The molecule has 0 fully saturated rings. The molecule has 0 spiro atoms. The fourth-order valence-electron chi connectivity index (χ4n) is 2.54. The van der Waals surface area contributed by atoms with E-state index in [-0.39, 0.29) is 5.97 Å². The second-order valence-corrected chi connectivity index (χ2v) is 8.07. The number of esters is 1. The van der Waals surface area contributed by atoms with Crippen molar-refractivity contribution in [3.63, 3.8) is 0 Å². The Balaban J connectivity index is 1.75. The van der Waals surface area contributed by atoms with E-state index >= 15 is 0 Å². The first-order chi connectivity index (χ1) is 14.6. The predicted molar refractivity (Wildman–Crippen MR) is 117 cm³/mol. The molecule has 0 saturated carbocycles. The third-order valence-electron chi connectivity index (χ3n) is 4.06. The number of anilines is 1. The van der Waals surface area contributed by atoms with E-state index in [4.69, 9.17) is 13.8 Å². The fourth-order valence-corrected chi connectivity index (χ4v) is 3.93. The highest BCUT2D eigenvalue weighted by atomic mass is 31.2. The van der Waals surface area contributed by atoms with Gasteiger partial charge in [0.2, 0.25) is 0 Å². The van der Waals surface area contributed by atoms with Gasteiger partial charge in [0.05, 0.1) is 12.2 Å². The lowest BCUT2D eigenvalue weighted by Gasteiger charge is -2.21. The molecule has 0 radical (unpaired) electrons. The first-order valence-corrected chi connectivity index (χ1v) is 11.3. The third-order valence-corrected chi connectivity index (χ3v) is 5.49. The summed E-state index contributed by atoms with van der Waals surface area (Å²) in [7, 11) is -3.81. The van der Waals surface area contributed by atoms with Crippen LogP contribution in [-0.4, -0.2) is 12.6 Å². The van der Waals surface area contributed by atoms with Gasteiger partial charge < -0.3 is 13.8 Å². The quantitative estimate of drug-likeness (QED) is 0.233. The highest BCUT2D eigenvalue weighted by Gasteiger charge is 2.29. The average Bonchev–Trinajstić information content (AvgIpc) is 2.75. The Morgan fingerprint density at radius 3 is 1.87 bits per heavy atom. The highest BCUT2D eigenvalue weighted by Crippen LogP contribution is 2.48. The van der Waals surface area contributed by atoms with Gasteiger partial charge in [0.1, 0.15) is 11.5 Å². The number of hydrogen-bond donors (Lipinski definition) is 1. The van der Waals surface area contributed by atoms with Crippen molar-refractivity contribution in [1.82, 2.24) is 0 Å². The summed E-state index contributed by atoms with van der Waals surface area (Å²) in [4.78, 5) is 12.1. The molecule has 0 aliphatic heterocycles. The molecule has 0 heterocycles. The molecule has 6 nitrogen and oxygen atoms in total. The maximum atomic E-state index is 13.5. The Morgan fingerprint density at radius 1 is 0.833 bits per heavy atom. The monoisotopic (exact) mass is 425 g/mol. The molecule has 3 aromatic rings. The number of carbonyl (C=O) groups excluding carboxylic acids is 1. The fraction of sp³-hybridized carbons (Fsp3) is 0.174. The smallest absolute Gasteiger partial charge is 0.462 e. The minimum atomic E-state index is -3.81. The molecular formula is C23H24NO5P. The third kappa shape index (κ3) is 6.39. The summed E-state index contributed by atoms with van der Waals surface area (Å²) in [6.45, 7) is 2.42. The van der Waals surface area contributed by atoms with Crippen molar-refractivity contribution in [2.45, 2.75) is 19.8 Å². The maximum absolute atomic E-state index is 13.5. The number of para-hydroxylation sites is 2. The molecule has 0 bridgehead atoms. The molecule has 0 aliphatic rings. The van der Waals surface area contributed by atoms with Crippen LogP contribution in [-0.2, 0) is 9.30 Å². The summed E-state index contributed by atoms with van der Waals surface area (Å²) in [5.74, 6) is 0.417. The Morgan fingerprint density at radius 2 is 1.37 bits per heavy atom. The van der Waals surface area contributed by atoms with E-state index in [1.807, 2.05) is 19.1 Å². The molecule has 7 heteroatoms. The topological polar surface area (TPSA) is 73.9 Å².